The lowest BCUT2D eigenvalue weighted by Crippen LogP contribution is -1.87. The van der Waals surface area contributed by atoms with Crippen molar-refractivity contribution >= 4 is 0 Å². The van der Waals surface area contributed by atoms with E-state index in [0.29, 0.717) is 0 Å². The summed E-state index contributed by atoms with van der Waals surface area (Å²) in [6.07, 6.45) is 3.09. The van der Waals surface area contributed by atoms with Crippen molar-refractivity contribution in [3.63, 3.8) is 0 Å². The first-order chi connectivity index (χ1) is 6.81. The molecule has 0 atom stereocenters. The Balaban J connectivity index is 2.55. The van der Waals surface area contributed by atoms with Gasteiger partial charge in [-0.25, -0.2) is 4.98 Å². The zero-order valence-electron chi connectivity index (χ0n) is 8.15. The molecule has 0 saturated carbocycles. The van der Waals surface area contributed by atoms with Gasteiger partial charge >= 0.3 is 0 Å². The number of oxazole rings is 1. The van der Waals surface area contributed by atoms with E-state index in [1.165, 1.54) is 6.39 Å². The van der Waals surface area contributed by atoms with Gasteiger partial charge in [0.05, 0.1) is 18.9 Å². The Labute approximate surface area is 82.3 Å². The summed E-state index contributed by atoms with van der Waals surface area (Å²) in [4.78, 5) is 3.88. The maximum atomic E-state index is 5.24. The molecular weight excluding hydrogens is 178 g/mol. The Morgan fingerprint density at radius 2 is 2.21 bits per heavy atom. The average Bonchev–Trinajstić information content (AvgIpc) is 2.70. The zero-order valence-corrected chi connectivity index (χ0v) is 8.15. The molecule has 0 aliphatic rings. The smallest absolute Gasteiger partial charge is 0.181 e. The summed E-state index contributed by atoms with van der Waals surface area (Å²) in [7, 11) is 1.64. The Hall–Kier alpha value is -1.77. The van der Waals surface area contributed by atoms with Gasteiger partial charge in [-0.2, -0.15) is 0 Å². The van der Waals surface area contributed by atoms with Crippen LogP contribution in [0.4, 0.5) is 0 Å². The molecule has 2 aromatic rings. The van der Waals surface area contributed by atoms with E-state index in [0.717, 1.165) is 22.6 Å². The number of ether oxygens (including phenoxy) is 1. The van der Waals surface area contributed by atoms with E-state index >= 15 is 0 Å². The number of nitrogens with zero attached hydrogens (tertiary/aromatic N) is 1. The monoisotopic (exact) mass is 189 g/mol. The van der Waals surface area contributed by atoms with E-state index in [1.54, 1.807) is 13.3 Å². The second-order valence-corrected chi connectivity index (χ2v) is 3.07. The van der Waals surface area contributed by atoms with E-state index in [1.807, 2.05) is 25.1 Å². The highest BCUT2D eigenvalue weighted by Gasteiger charge is 2.08. The first kappa shape index (κ1) is 8.81. The fraction of sp³-hybridized carbons (Fsp3) is 0.182. The topological polar surface area (TPSA) is 35.3 Å². The minimum absolute atomic E-state index is 0.727. The predicted molar refractivity (Wildman–Crippen MR) is 53.2 cm³/mol. The summed E-state index contributed by atoms with van der Waals surface area (Å²) in [5, 5.41) is 0. The molecule has 3 heteroatoms. The Kier molecular flexibility index (Phi) is 2.23. The third-order valence-corrected chi connectivity index (χ3v) is 2.05. The van der Waals surface area contributed by atoms with Crippen LogP contribution in [-0.4, -0.2) is 12.1 Å². The molecule has 0 fully saturated rings. The molecule has 1 aromatic carbocycles. The van der Waals surface area contributed by atoms with Gasteiger partial charge in [0.25, 0.3) is 0 Å². The minimum atomic E-state index is 0.727. The lowest BCUT2D eigenvalue weighted by atomic mass is 10.1. The molecule has 0 N–H and O–H groups in total. The molecule has 1 heterocycles. The Morgan fingerprint density at radius 3 is 2.86 bits per heavy atom. The number of aryl methyl sites for hydroxylation is 1. The van der Waals surface area contributed by atoms with Crippen molar-refractivity contribution in [2.75, 3.05) is 7.11 Å². The van der Waals surface area contributed by atoms with E-state index in [2.05, 4.69) is 4.98 Å². The van der Waals surface area contributed by atoms with Gasteiger partial charge in [-0.1, -0.05) is 11.6 Å². The van der Waals surface area contributed by atoms with Crippen LogP contribution in [0.5, 0.6) is 5.75 Å². The van der Waals surface area contributed by atoms with Gasteiger partial charge in [0.2, 0.25) is 0 Å². The normalized spacial score (nSPS) is 10.1. The lowest BCUT2D eigenvalue weighted by molar-refractivity contribution is 0.414. The molecular formula is C11H11NO2. The molecule has 0 saturated heterocycles. The summed E-state index contributed by atoms with van der Waals surface area (Å²) in [6, 6.07) is 5.94. The molecule has 0 bridgehead atoms. The maximum Gasteiger partial charge on any atom is 0.181 e. The van der Waals surface area contributed by atoms with Crippen LogP contribution in [0.2, 0.25) is 0 Å². The largest absolute Gasteiger partial charge is 0.496 e. The van der Waals surface area contributed by atoms with Crippen molar-refractivity contribution in [2.24, 2.45) is 0 Å². The van der Waals surface area contributed by atoms with Gasteiger partial charge in [0.15, 0.2) is 12.2 Å². The molecule has 0 aliphatic heterocycles. The van der Waals surface area contributed by atoms with Gasteiger partial charge in [-0.3, -0.25) is 0 Å². The quantitative estimate of drug-likeness (QED) is 0.728. The molecule has 0 unspecified atom stereocenters. The third kappa shape index (κ3) is 1.48. The first-order valence-electron chi connectivity index (χ1n) is 4.35. The van der Waals surface area contributed by atoms with Crippen LogP contribution in [0.15, 0.2) is 35.2 Å². The zero-order chi connectivity index (χ0) is 9.97. The second kappa shape index (κ2) is 3.54. The van der Waals surface area contributed by atoms with Crippen LogP contribution >= 0.6 is 0 Å². The molecule has 0 radical (unpaired) electrons. The van der Waals surface area contributed by atoms with E-state index in [-0.39, 0.29) is 0 Å². The van der Waals surface area contributed by atoms with Crippen molar-refractivity contribution in [1.29, 1.82) is 0 Å². The van der Waals surface area contributed by atoms with E-state index < -0.39 is 0 Å². The van der Waals surface area contributed by atoms with Crippen molar-refractivity contribution in [2.45, 2.75) is 6.92 Å². The van der Waals surface area contributed by atoms with Crippen molar-refractivity contribution in [3.05, 3.63) is 36.4 Å². The van der Waals surface area contributed by atoms with Gasteiger partial charge in [-0.05, 0) is 19.1 Å². The predicted octanol–water partition coefficient (Wildman–Crippen LogP) is 2.66. The standard InChI is InChI=1S/C11H11NO2/c1-8-3-4-10(13-2)9(5-8)11-6-12-7-14-11/h3-7H,1-2H3. The van der Waals surface area contributed by atoms with Gasteiger partial charge < -0.3 is 9.15 Å². The van der Waals surface area contributed by atoms with Crippen LogP contribution in [0.25, 0.3) is 11.3 Å². The highest BCUT2D eigenvalue weighted by atomic mass is 16.5. The number of hydrogen-bond acceptors (Lipinski definition) is 3. The molecule has 2 rings (SSSR count). The average molecular weight is 189 g/mol. The van der Waals surface area contributed by atoms with Crippen molar-refractivity contribution < 1.29 is 9.15 Å². The van der Waals surface area contributed by atoms with Crippen molar-refractivity contribution in [1.82, 2.24) is 4.98 Å². The number of rotatable bonds is 2. The van der Waals surface area contributed by atoms with Gasteiger partial charge in [0.1, 0.15) is 5.75 Å². The minimum Gasteiger partial charge on any atom is -0.496 e. The van der Waals surface area contributed by atoms with Crippen molar-refractivity contribution in [3.8, 4) is 17.1 Å². The van der Waals surface area contributed by atoms with E-state index in [4.69, 9.17) is 9.15 Å². The SMILES string of the molecule is COc1ccc(C)cc1-c1cnco1. The summed E-state index contributed by atoms with van der Waals surface area (Å²) < 4.78 is 10.5. The van der Waals surface area contributed by atoms with Crippen LogP contribution < -0.4 is 4.74 Å². The summed E-state index contributed by atoms with van der Waals surface area (Å²) in [6.45, 7) is 2.03. The fourth-order valence-corrected chi connectivity index (χ4v) is 1.36. The second-order valence-electron chi connectivity index (χ2n) is 3.07. The lowest BCUT2D eigenvalue weighted by Gasteiger charge is -2.06. The Bertz CT molecular complexity index is 421. The highest BCUT2D eigenvalue weighted by Crippen LogP contribution is 2.30. The molecule has 0 spiro atoms. The molecule has 3 nitrogen and oxygen atoms in total. The number of aromatic nitrogens is 1. The maximum absolute atomic E-state index is 5.24. The molecule has 0 amide bonds. The Morgan fingerprint density at radius 1 is 1.36 bits per heavy atom. The molecule has 0 aliphatic carbocycles. The number of methoxy groups -OCH3 is 1. The highest BCUT2D eigenvalue weighted by molar-refractivity contribution is 5.65. The number of hydrogen-bond donors (Lipinski definition) is 0. The molecule has 14 heavy (non-hydrogen) atoms. The summed E-state index contributed by atoms with van der Waals surface area (Å²) in [5.74, 6) is 1.53. The van der Waals surface area contributed by atoms with Crippen LogP contribution in [-0.2, 0) is 0 Å². The molecule has 1 aromatic heterocycles. The number of benzene rings is 1. The van der Waals surface area contributed by atoms with E-state index in [9.17, 15) is 0 Å². The fourth-order valence-electron chi connectivity index (χ4n) is 1.36. The van der Waals surface area contributed by atoms with Crippen LogP contribution in [0.3, 0.4) is 0 Å². The van der Waals surface area contributed by atoms with Crippen LogP contribution in [0.1, 0.15) is 5.56 Å². The van der Waals surface area contributed by atoms with Gasteiger partial charge in [-0.15, -0.1) is 0 Å². The first-order valence-corrected chi connectivity index (χ1v) is 4.35. The third-order valence-electron chi connectivity index (χ3n) is 2.05. The van der Waals surface area contributed by atoms with Gasteiger partial charge in [0, 0.05) is 0 Å². The molecule has 72 valence electrons. The van der Waals surface area contributed by atoms with Crippen LogP contribution in [0, 0.1) is 6.92 Å². The summed E-state index contributed by atoms with van der Waals surface area (Å²) >= 11 is 0. The summed E-state index contributed by atoms with van der Waals surface area (Å²) in [5.41, 5.74) is 2.10.